The lowest BCUT2D eigenvalue weighted by atomic mass is 10.2. The minimum Gasteiger partial charge on any atom is -0.304 e. The average molecular weight is 243 g/mol. The Morgan fingerprint density at radius 3 is 2.67 bits per heavy atom. The lowest BCUT2D eigenvalue weighted by Crippen LogP contribution is -2.26. The zero-order valence-electron chi connectivity index (χ0n) is 4.73. The molecule has 0 amide bonds. The van der Waals surface area contributed by atoms with Crippen LogP contribution in [0.4, 0.5) is 4.39 Å². The van der Waals surface area contributed by atoms with Gasteiger partial charge in [0.15, 0.2) is 0 Å². The van der Waals surface area contributed by atoms with Gasteiger partial charge in [0, 0.05) is 35.6 Å². The van der Waals surface area contributed by atoms with E-state index in [2.05, 4.69) is 5.32 Å². The maximum absolute atomic E-state index is 12.3. The summed E-state index contributed by atoms with van der Waals surface area (Å²) < 4.78 is 12.3. The van der Waals surface area contributed by atoms with Crippen molar-refractivity contribution in [3.05, 3.63) is 0 Å². The summed E-state index contributed by atoms with van der Waals surface area (Å²) >= 11 is 1.69. The number of rotatable bonds is 1. The van der Waals surface area contributed by atoms with Crippen molar-refractivity contribution in [1.82, 2.24) is 5.32 Å². The van der Waals surface area contributed by atoms with Crippen LogP contribution in [0, 0.1) is 0 Å². The van der Waals surface area contributed by atoms with Crippen LogP contribution in [-0.4, -0.2) is 22.5 Å². The molecule has 0 saturated carbocycles. The van der Waals surface area contributed by atoms with E-state index in [9.17, 15) is 9.18 Å². The zero-order chi connectivity index (χ0) is 6.85. The molecule has 0 bridgehead atoms. The predicted octanol–water partition coefficient (Wildman–Crippen LogP) is 0.648. The molecule has 4 heteroatoms. The van der Waals surface area contributed by atoms with E-state index in [0.717, 1.165) is 0 Å². The fraction of sp³-hybridized carbons (Fsp3) is 0.800. The van der Waals surface area contributed by atoms with E-state index in [4.69, 9.17) is 0 Å². The van der Waals surface area contributed by atoms with E-state index in [1.54, 1.807) is 22.6 Å². The highest BCUT2D eigenvalue weighted by molar-refractivity contribution is 14.1. The molecule has 1 aliphatic rings. The number of carbonyl (C=O) groups is 1. The fourth-order valence-electron chi connectivity index (χ4n) is 0.865. The second-order valence-corrected chi connectivity index (χ2v) is 3.16. The maximum Gasteiger partial charge on any atom is 0.209 e. The standard InChI is InChI=1S/C5H7FINO/c6-3-1-4(5(7)9)8-2-3/h3-4,8H,1-2H2/t3-,4-/m0/s1. The molecular formula is C5H7FINO. The Bertz CT molecular complexity index is 130. The second-order valence-electron chi connectivity index (χ2n) is 2.10. The summed E-state index contributed by atoms with van der Waals surface area (Å²) in [6.45, 7) is 0.333. The Labute approximate surface area is 66.3 Å². The minimum absolute atomic E-state index is 0.00718. The average Bonchev–Trinajstić information content (AvgIpc) is 2.14. The third kappa shape index (κ3) is 1.86. The Kier molecular flexibility index (Phi) is 2.40. The smallest absolute Gasteiger partial charge is 0.209 e. The molecule has 52 valence electrons. The van der Waals surface area contributed by atoms with Crippen molar-refractivity contribution in [1.29, 1.82) is 0 Å². The van der Waals surface area contributed by atoms with Crippen LogP contribution in [0.25, 0.3) is 0 Å². The molecule has 2 nitrogen and oxygen atoms in total. The van der Waals surface area contributed by atoms with Crippen molar-refractivity contribution < 1.29 is 9.18 Å². The summed E-state index contributed by atoms with van der Waals surface area (Å²) in [4.78, 5) is 10.5. The van der Waals surface area contributed by atoms with E-state index in [0.29, 0.717) is 13.0 Å². The van der Waals surface area contributed by atoms with Crippen molar-refractivity contribution in [2.75, 3.05) is 6.54 Å². The Balaban J connectivity index is 2.39. The Morgan fingerprint density at radius 2 is 2.44 bits per heavy atom. The molecule has 0 radical (unpaired) electrons. The van der Waals surface area contributed by atoms with Crippen molar-refractivity contribution in [3.8, 4) is 0 Å². The fourth-order valence-corrected chi connectivity index (χ4v) is 1.34. The summed E-state index contributed by atoms with van der Waals surface area (Å²) in [5, 5.41) is 2.77. The Hall–Kier alpha value is 0.290. The van der Waals surface area contributed by atoms with Gasteiger partial charge < -0.3 is 5.32 Å². The highest BCUT2D eigenvalue weighted by atomic mass is 127. The van der Waals surface area contributed by atoms with Crippen LogP contribution < -0.4 is 5.32 Å². The van der Waals surface area contributed by atoms with Gasteiger partial charge in [-0.25, -0.2) is 4.39 Å². The number of nitrogens with one attached hydrogen (secondary N) is 1. The molecule has 0 aromatic heterocycles. The van der Waals surface area contributed by atoms with Crippen LogP contribution in [0.2, 0.25) is 0 Å². The molecule has 1 saturated heterocycles. The van der Waals surface area contributed by atoms with E-state index in [-0.39, 0.29) is 9.83 Å². The molecular weight excluding hydrogens is 236 g/mol. The summed E-state index contributed by atoms with van der Waals surface area (Å²) in [7, 11) is 0. The summed E-state index contributed by atoms with van der Waals surface area (Å²) in [5.74, 6) is 0. The summed E-state index contributed by atoms with van der Waals surface area (Å²) in [5.41, 5.74) is 0. The van der Waals surface area contributed by atoms with Gasteiger partial charge in [0.1, 0.15) is 6.17 Å². The molecule has 9 heavy (non-hydrogen) atoms. The molecule has 0 aliphatic carbocycles. The molecule has 1 fully saturated rings. The zero-order valence-corrected chi connectivity index (χ0v) is 6.89. The highest BCUT2D eigenvalue weighted by Crippen LogP contribution is 2.12. The number of halogens is 2. The van der Waals surface area contributed by atoms with Gasteiger partial charge in [-0.1, -0.05) is 0 Å². The van der Waals surface area contributed by atoms with Gasteiger partial charge in [-0.2, -0.15) is 0 Å². The van der Waals surface area contributed by atoms with Crippen molar-refractivity contribution in [2.24, 2.45) is 0 Å². The van der Waals surface area contributed by atoms with Crippen LogP contribution in [0.3, 0.4) is 0 Å². The molecule has 2 atom stereocenters. The number of alkyl halides is 1. The first kappa shape index (κ1) is 7.40. The van der Waals surface area contributed by atoms with Gasteiger partial charge >= 0.3 is 0 Å². The third-order valence-corrected chi connectivity index (χ3v) is 2.10. The largest absolute Gasteiger partial charge is 0.304 e. The van der Waals surface area contributed by atoms with Gasteiger partial charge in [-0.3, -0.25) is 4.79 Å². The van der Waals surface area contributed by atoms with Gasteiger partial charge in [0.2, 0.25) is 3.79 Å². The SMILES string of the molecule is O=C(I)[C@@H]1C[C@H](F)CN1. The number of carbonyl (C=O) groups excluding carboxylic acids is 1. The van der Waals surface area contributed by atoms with Gasteiger partial charge in [-0.15, -0.1) is 0 Å². The van der Waals surface area contributed by atoms with Crippen LogP contribution in [0.5, 0.6) is 0 Å². The van der Waals surface area contributed by atoms with Crippen molar-refractivity contribution in [2.45, 2.75) is 18.6 Å². The minimum atomic E-state index is -0.825. The molecule has 0 aromatic rings. The quantitative estimate of drug-likeness (QED) is 0.541. The summed E-state index contributed by atoms with van der Waals surface area (Å²) in [6.07, 6.45) is -0.476. The second kappa shape index (κ2) is 2.92. The molecule has 1 aliphatic heterocycles. The first-order chi connectivity index (χ1) is 4.20. The van der Waals surface area contributed by atoms with E-state index in [1.807, 2.05) is 0 Å². The monoisotopic (exact) mass is 243 g/mol. The van der Waals surface area contributed by atoms with Gasteiger partial charge in [0.25, 0.3) is 0 Å². The van der Waals surface area contributed by atoms with E-state index < -0.39 is 6.17 Å². The molecule has 0 unspecified atom stereocenters. The molecule has 1 heterocycles. The van der Waals surface area contributed by atoms with Gasteiger partial charge in [0.05, 0.1) is 6.04 Å². The lowest BCUT2D eigenvalue weighted by Gasteiger charge is -1.99. The molecule has 1 rings (SSSR count). The van der Waals surface area contributed by atoms with Gasteiger partial charge in [-0.05, 0) is 0 Å². The molecule has 1 N–H and O–H groups in total. The van der Waals surface area contributed by atoms with Crippen LogP contribution in [0.15, 0.2) is 0 Å². The third-order valence-electron chi connectivity index (χ3n) is 1.35. The van der Waals surface area contributed by atoms with Crippen molar-refractivity contribution >= 4 is 26.4 Å². The first-order valence-electron chi connectivity index (χ1n) is 2.77. The van der Waals surface area contributed by atoms with Crippen molar-refractivity contribution in [3.63, 3.8) is 0 Å². The number of hydrogen-bond acceptors (Lipinski definition) is 2. The summed E-state index contributed by atoms with van der Waals surface area (Å²) in [6, 6.07) is -0.236. The van der Waals surface area contributed by atoms with Crippen LogP contribution in [0.1, 0.15) is 6.42 Å². The van der Waals surface area contributed by atoms with E-state index in [1.165, 1.54) is 0 Å². The van der Waals surface area contributed by atoms with E-state index >= 15 is 0 Å². The predicted molar refractivity (Wildman–Crippen MR) is 40.3 cm³/mol. The molecule has 0 aromatic carbocycles. The topological polar surface area (TPSA) is 29.1 Å². The Morgan fingerprint density at radius 1 is 1.78 bits per heavy atom. The van der Waals surface area contributed by atoms with Crippen LogP contribution in [-0.2, 0) is 4.79 Å². The first-order valence-corrected chi connectivity index (χ1v) is 3.85. The molecule has 0 spiro atoms. The lowest BCUT2D eigenvalue weighted by molar-refractivity contribution is -0.110. The highest BCUT2D eigenvalue weighted by Gasteiger charge is 2.27. The number of hydrogen-bond donors (Lipinski definition) is 1. The normalized spacial score (nSPS) is 34.9. The maximum atomic E-state index is 12.3. The van der Waals surface area contributed by atoms with Crippen LogP contribution >= 0.6 is 22.6 Å².